The van der Waals surface area contributed by atoms with E-state index in [2.05, 4.69) is 32.1 Å². The highest BCUT2D eigenvalue weighted by Gasteiger charge is 2.30. The van der Waals surface area contributed by atoms with Crippen LogP contribution in [0.15, 0.2) is 54.6 Å². The van der Waals surface area contributed by atoms with Crippen molar-refractivity contribution >= 4 is 11.2 Å². The molecule has 190 valence electrons. The predicted octanol–water partition coefficient (Wildman–Crippen LogP) is 5.57. The molecule has 0 fully saturated rings. The Morgan fingerprint density at radius 1 is 0.946 bits per heavy atom. The summed E-state index contributed by atoms with van der Waals surface area (Å²) < 4.78 is 41.5. The quantitative estimate of drug-likeness (QED) is 0.313. The minimum absolute atomic E-state index is 0.224. The highest BCUT2D eigenvalue weighted by molar-refractivity contribution is 5.76. The maximum atomic E-state index is 13.1. The van der Waals surface area contributed by atoms with E-state index in [0.29, 0.717) is 18.8 Å². The topological polar surface area (TPSA) is 85.2 Å². The third-order valence-electron chi connectivity index (χ3n) is 6.57. The van der Waals surface area contributed by atoms with Gasteiger partial charge in [0.05, 0.1) is 12.1 Å². The molecule has 0 aliphatic rings. The summed E-state index contributed by atoms with van der Waals surface area (Å²) in [5, 5.41) is 14.0. The monoisotopic (exact) mass is 505 g/mol. The van der Waals surface area contributed by atoms with Gasteiger partial charge in [0.15, 0.2) is 5.65 Å². The number of aromatic nitrogens is 7. The number of aryl methyl sites for hydroxylation is 3. The number of fused-ring (bicyclic) bond motifs is 1. The van der Waals surface area contributed by atoms with Crippen LogP contribution in [0.1, 0.15) is 58.0 Å². The van der Waals surface area contributed by atoms with Crippen LogP contribution in [0, 0.1) is 13.8 Å². The molecule has 5 rings (SSSR count). The first-order chi connectivity index (χ1) is 17.7. The molecular formula is C27H26F3N7. The molecule has 1 unspecified atom stereocenters. The standard InChI is InChI=1S/C27H26F3N7/c1-4-24-32-25-16(2)13-17(3)31-26(25)37(24)15-18-5-7-19(8-6-18)22(14-23-33-35-36-34-23)20-9-11-21(12-10-20)27(28,29)30/h5-13,22H,4,14-15H2,1-3H3,(H,33,34,35,36). The Bertz CT molecular complexity index is 1500. The van der Waals surface area contributed by atoms with Crippen LogP contribution in [0.3, 0.4) is 0 Å². The van der Waals surface area contributed by atoms with E-state index in [-0.39, 0.29) is 5.92 Å². The Kier molecular flexibility index (Phi) is 6.49. The number of hydrogen-bond donors (Lipinski definition) is 1. The molecule has 37 heavy (non-hydrogen) atoms. The van der Waals surface area contributed by atoms with Crippen LogP contribution in [0.2, 0.25) is 0 Å². The van der Waals surface area contributed by atoms with E-state index in [1.165, 1.54) is 12.1 Å². The number of nitrogens with zero attached hydrogens (tertiary/aromatic N) is 6. The van der Waals surface area contributed by atoms with Crippen molar-refractivity contribution in [2.45, 2.75) is 52.3 Å². The van der Waals surface area contributed by atoms with Gasteiger partial charge in [-0.15, -0.1) is 5.10 Å². The molecule has 0 radical (unpaired) electrons. The van der Waals surface area contributed by atoms with Gasteiger partial charge in [0.2, 0.25) is 0 Å². The van der Waals surface area contributed by atoms with Gasteiger partial charge in [0.1, 0.15) is 17.2 Å². The zero-order valence-electron chi connectivity index (χ0n) is 20.7. The van der Waals surface area contributed by atoms with Crippen LogP contribution < -0.4 is 0 Å². The summed E-state index contributed by atoms with van der Waals surface area (Å²) in [6.45, 7) is 6.73. The smallest absolute Gasteiger partial charge is 0.308 e. The molecule has 0 aliphatic heterocycles. The molecule has 2 aromatic carbocycles. The average Bonchev–Trinajstić information content (AvgIpc) is 3.51. The van der Waals surface area contributed by atoms with Gasteiger partial charge >= 0.3 is 6.18 Å². The molecule has 10 heteroatoms. The fourth-order valence-corrected chi connectivity index (χ4v) is 4.71. The molecule has 0 bridgehead atoms. The zero-order valence-corrected chi connectivity index (χ0v) is 20.7. The highest BCUT2D eigenvalue weighted by Crippen LogP contribution is 2.33. The number of nitrogens with one attached hydrogen (secondary N) is 1. The fraction of sp³-hybridized carbons (Fsp3) is 0.296. The number of halogens is 3. The number of benzene rings is 2. The van der Waals surface area contributed by atoms with Crippen molar-refractivity contribution in [3.8, 4) is 0 Å². The summed E-state index contributed by atoms with van der Waals surface area (Å²) in [6, 6.07) is 15.4. The third kappa shape index (κ3) is 5.09. The molecule has 0 saturated carbocycles. The van der Waals surface area contributed by atoms with Gasteiger partial charge in [-0.2, -0.15) is 13.2 Å². The summed E-state index contributed by atoms with van der Waals surface area (Å²) in [5.41, 5.74) is 5.95. The van der Waals surface area contributed by atoms with Gasteiger partial charge in [-0.3, -0.25) is 0 Å². The summed E-state index contributed by atoms with van der Waals surface area (Å²) in [7, 11) is 0. The summed E-state index contributed by atoms with van der Waals surface area (Å²) in [4.78, 5) is 9.57. The van der Waals surface area contributed by atoms with Crippen LogP contribution in [0.25, 0.3) is 11.2 Å². The van der Waals surface area contributed by atoms with Crippen molar-refractivity contribution in [1.29, 1.82) is 0 Å². The first-order valence-electron chi connectivity index (χ1n) is 12.0. The van der Waals surface area contributed by atoms with Crippen molar-refractivity contribution in [2.75, 3.05) is 0 Å². The third-order valence-corrected chi connectivity index (χ3v) is 6.57. The van der Waals surface area contributed by atoms with E-state index in [1.54, 1.807) is 0 Å². The van der Waals surface area contributed by atoms with Crippen molar-refractivity contribution in [3.63, 3.8) is 0 Å². The summed E-state index contributed by atoms with van der Waals surface area (Å²) in [5.74, 6) is 1.31. The molecule has 5 aromatic rings. The SMILES string of the molecule is CCc1nc2c(C)cc(C)nc2n1Cc1ccc(C(Cc2nnn[nH]2)c2ccc(C(F)(F)F)cc2)cc1. The van der Waals surface area contributed by atoms with E-state index in [1.807, 2.05) is 44.2 Å². The van der Waals surface area contributed by atoms with Gasteiger partial charge in [-0.1, -0.05) is 43.3 Å². The van der Waals surface area contributed by atoms with Crippen molar-refractivity contribution in [2.24, 2.45) is 0 Å². The molecule has 0 saturated heterocycles. The van der Waals surface area contributed by atoms with Crippen LogP contribution >= 0.6 is 0 Å². The minimum Gasteiger partial charge on any atom is -0.308 e. The molecule has 3 heterocycles. The van der Waals surface area contributed by atoms with Gasteiger partial charge in [-0.25, -0.2) is 15.1 Å². The maximum Gasteiger partial charge on any atom is 0.416 e. The fourth-order valence-electron chi connectivity index (χ4n) is 4.71. The lowest BCUT2D eigenvalue weighted by Gasteiger charge is -2.18. The first kappa shape index (κ1) is 24.6. The lowest BCUT2D eigenvalue weighted by atomic mass is 9.87. The Morgan fingerprint density at radius 3 is 2.22 bits per heavy atom. The number of tetrazole rings is 1. The second kappa shape index (κ2) is 9.76. The number of imidazole rings is 1. The van der Waals surface area contributed by atoms with E-state index in [4.69, 9.17) is 9.97 Å². The number of H-pyrrole nitrogens is 1. The zero-order chi connectivity index (χ0) is 26.2. The maximum absolute atomic E-state index is 13.1. The summed E-state index contributed by atoms with van der Waals surface area (Å²) >= 11 is 0. The number of rotatable bonds is 7. The lowest BCUT2D eigenvalue weighted by molar-refractivity contribution is -0.137. The number of hydrogen-bond acceptors (Lipinski definition) is 5. The Morgan fingerprint density at radius 2 is 1.62 bits per heavy atom. The Hall–Kier alpha value is -4.08. The Balaban J connectivity index is 1.46. The normalized spacial score (nSPS) is 12.8. The largest absolute Gasteiger partial charge is 0.416 e. The number of alkyl halides is 3. The molecule has 0 aliphatic carbocycles. The van der Waals surface area contributed by atoms with Gasteiger partial charge in [0, 0.05) is 24.5 Å². The van der Waals surface area contributed by atoms with Gasteiger partial charge in [-0.05, 0) is 64.7 Å². The molecule has 0 spiro atoms. The average molecular weight is 506 g/mol. The van der Waals surface area contributed by atoms with Crippen LogP contribution in [-0.4, -0.2) is 35.2 Å². The van der Waals surface area contributed by atoms with Crippen LogP contribution in [0.5, 0.6) is 0 Å². The minimum atomic E-state index is -4.38. The molecule has 1 atom stereocenters. The number of aromatic amines is 1. The second-order valence-electron chi connectivity index (χ2n) is 9.19. The highest BCUT2D eigenvalue weighted by atomic mass is 19.4. The molecular weight excluding hydrogens is 479 g/mol. The van der Waals surface area contributed by atoms with E-state index in [0.717, 1.165) is 63.5 Å². The Labute approximate surface area is 211 Å². The van der Waals surface area contributed by atoms with Crippen molar-refractivity contribution < 1.29 is 13.2 Å². The van der Waals surface area contributed by atoms with Gasteiger partial charge in [0.25, 0.3) is 0 Å². The van der Waals surface area contributed by atoms with E-state index >= 15 is 0 Å². The van der Waals surface area contributed by atoms with Gasteiger partial charge < -0.3 is 4.57 Å². The molecule has 3 aromatic heterocycles. The molecule has 1 N–H and O–H groups in total. The predicted molar refractivity (Wildman–Crippen MR) is 133 cm³/mol. The molecule has 7 nitrogen and oxygen atoms in total. The second-order valence-corrected chi connectivity index (χ2v) is 9.19. The van der Waals surface area contributed by atoms with Crippen LogP contribution in [-0.2, 0) is 25.6 Å². The lowest BCUT2D eigenvalue weighted by Crippen LogP contribution is -2.09. The number of pyridine rings is 1. The summed E-state index contributed by atoms with van der Waals surface area (Å²) in [6.07, 6.45) is -3.17. The van der Waals surface area contributed by atoms with Crippen molar-refractivity contribution in [3.05, 3.63) is 99.8 Å². The van der Waals surface area contributed by atoms with Crippen molar-refractivity contribution in [1.82, 2.24) is 35.2 Å². The first-order valence-corrected chi connectivity index (χ1v) is 12.0. The van der Waals surface area contributed by atoms with E-state index in [9.17, 15) is 13.2 Å². The van der Waals surface area contributed by atoms with Crippen LogP contribution in [0.4, 0.5) is 13.2 Å². The van der Waals surface area contributed by atoms with E-state index < -0.39 is 11.7 Å². The molecule has 0 amide bonds.